The summed E-state index contributed by atoms with van der Waals surface area (Å²) in [5.41, 5.74) is 0. The fourth-order valence-corrected chi connectivity index (χ4v) is 0.577. The molecule has 0 saturated carbocycles. The van der Waals surface area contributed by atoms with Gasteiger partial charge in [0.2, 0.25) is 0 Å². The summed E-state index contributed by atoms with van der Waals surface area (Å²) in [5.74, 6) is 0. The summed E-state index contributed by atoms with van der Waals surface area (Å²) in [4.78, 5) is 0. The van der Waals surface area contributed by atoms with Crippen LogP contribution < -0.4 is 0 Å². The maximum atomic E-state index is 8.30. The van der Waals surface area contributed by atoms with E-state index in [1.165, 1.54) is 0 Å². The largest absolute Gasteiger partial charge is 0.396 e. The van der Waals surface area contributed by atoms with Gasteiger partial charge >= 0.3 is 0 Å². The third-order valence-corrected chi connectivity index (χ3v) is 1.07. The summed E-state index contributed by atoms with van der Waals surface area (Å²) < 4.78 is 0. The fourth-order valence-electron chi connectivity index (χ4n) is 0.577. The Balaban J connectivity index is -0.000000245. The average Bonchev–Trinajstić information content (AvgIpc) is 1.81. The molecule has 0 aliphatic carbocycles. The quantitative estimate of drug-likeness (QED) is 0.528. The second kappa shape index (κ2) is 16.9. The maximum Gasteiger partial charge on any atom is 0.0431 e. The van der Waals surface area contributed by atoms with Gasteiger partial charge in [0.1, 0.15) is 0 Å². The molecule has 10 heavy (non-hydrogen) atoms. The van der Waals surface area contributed by atoms with Gasteiger partial charge in [-0.05, 0) is 12.8 Å². The van der Waals surface area contributed by atoms with E-state index < -0.39 is 0 Å². The second-order valence-corrected chi connectivity index (χ2v) is 1.86. The van der Waals surface area contributed by atoms with Crippen LogP contribution in [0.3, 0.4) is 0 Å². The molecule has 0 spiro atoms. The molecule has 0 aromatic rings. The second-order valence-electron chi connectivity index (χ2n) is 1.86. The van der Waals surface area contributed by atoms with E-state index in [4.69, 9.17) is 10.2 Å². The van der Waals surface area contributed by atoms with Gasteiger partial charge in [-0.15, -0.1) is 0 Å². The fraction of sp³-hybridized carbons (Fsp3) is 1.00. The zero-order valence-electron chi connectivity index (χ0n) is 6.14. The van der Waals surface area contributed by atoms with Crippen molar-refractivity contribution in [1.82, 2.24) is 0 Å². The topological polar surface area (TPSA) is 40.5 Å². The molecule has 0 atom stereocenters. The summed E-state index contributed by atoms with van der Waals surface area (Å²) in [6.45, 7) is 0.566. The van der Waals surface area contributed by atoms with Crippen molar-refractivity contribution < 1.29 is 10.2 Å². The number of hydrogen-bond donors (Lipinski definition) is 2. The summed E-state index contributed by atoms with van der Waals surface area (Å²) in [5, 5.41) is 16.6. The molecule has 0 aliphatic rings. The molecule has 0 heterocycles. The molecule has 0 fully saturated rings. The first-order valence-corrected chi connectivity index (χ1v) is 3.13. The molecule has 2 N–H and O–H groups in total. The van der Waals surface area contributed by atoms with E-state index in [-0.39, 0.29) is 61.0 Å². The molecule has 0 aromatic carbocycles. The summed E-state index contributed by atoms with van der Waals surface area (Å²) in [7, 11) is 0. The SMILES string of the molecule is OCCCCCCO.[Sn].[Sn]. The molecule has 58 valence electrons. The van der Waals surface area contributed by atoms with Gasteiger partial charge in [-0.3, -0.25) is 0 Å². The van der Waals surface area contributed by atoms with E-state index in [2.05, 4.69) is 0 Å². The minimum atomic E-state index is 0. The molecule has 0 amide bonds. The van der Waals surface area contributed by atoms with Crippen LogP contribution in [0.15, 0.2) is 0 Å². The summed E-state index contributed by atoms with van der Waals surface area (Å²) in [6.07, 6.45) is 3.83. The Kier molecular flexibility index (Phi) is 29.6. The zero-order chi connectivity index (χ0) is 6.24. The zero-order valence-corrected chi connectivity index (χ0v) is 11.8. The van der Waals surface area contributed by atoms with Crippen LogP contribution in [-0.2, 0) is 0 Å². The molecule has 2 nitrogen and oxygen atoms in total. The Hall–Kier alpha value is 1.52. The average molecular weight is 356 g/mol. The minimum absolute atomic E-state index is 0. The number of unbranched alkanes of at least 4 members (excludes halogenated alkanes) is 3. The van der Waals surface area contributed by atoms with Crippen molar-refractivity contribution in [3.8, 4) is 0 Å². The molecule has 0 bridgehead atoms. The molecular weight excluding hydrogens is 341 g/mol. The van der Waals surface area contributed by atoms with Crippen LogP contribution in [0.25, 0.3) is 0 Å². The standard InChI is InChI=1S/C6H14O2.2Sn/c7-5-3-1-2-4-6-8;;/h7-8H,1-6H2;;. The van der Waals surface area contributed by atoms with Crippen LogP contribution in [0.2, 0.25) is 0 Å². The van der Waals surface area contributed by atoms with Crippen molar-refractivity contribution in [1.29, 1.82) is 0 Å². The monoisotopic (exact) mass is 358 g/mol. The Labute approximate surface area is 96.3 Å². The summed E-state index contributed by atoms with van der Waals surface area (Å²) in [6, 6.07) is 0. The summed E-state index contributed by atoms with van der Waals surface area (Å²) >= 11 is 0. The van der Waals surface area contributed by atoms with Crippen LogP contribution in [0.4, 0.5) is 0 Å². The van der Waals surface area contributed by atoms with Crippen LogP contribution >= 0.6 is 0 Å². The van der Waals surface area contributed by atoms with E-state index in [0.717, 1.165) is 25.7 Å². The van der Waals surface area contributed by atoms with Crippen LogP contribution in [0, 0.1) is 0 Å². The molecular formula is C6H14O2Sn2. The van der Waals surface area contributed by atoms with Crippen LogP contribution in [0.1, 0.15) is 25.7 Å². The van der Waals surface area contributed by atoms with Gasteiger partial charge in [0.05, 0.1) is 0 Å². The smallest absolute Gasteiger partial charge is 0.0431 e. The van der Waals surface area contributed by atoms with E-state index in [1.54, 1.807) is 0 Å². The molecule has 0 aromatic heterocycles. The molecule has 0 aliphatic heterocycles. The van der Waals surface area contributed by atoms with E-state index in [1.807, 2.05) is 0 Å². The first-order valence-electron chi connectivity index (χ1n) is 3.13. The number of aliphatic hydroxyl groups excluding tert-OH is 2. The first kappa shape index (κ1) is 17.6. The molecule has 0 unspecified atom stereocenters. The van der Waals surface area contributed by atoms with Gasteiger partial charge in [-0.2, -0.15) is 0 Å². The predicted molar refractivity (Wildman–Crippen MR) is 44.1 cm³/mol. The molecule has 0 rings (SSSR count). The van der Waals surface area contributed by atoms with Gasteiger partial charge in [0.15, 0.2) is 0 Å². The van der Waals surface area contributed by atoms with E-state index in [0.29, 0.717) is 0 Å². The Morgan fingerprint density at radius 2 is 0.900 bits per heavy atom. The molecule has 8 radical (unpaired) electrons. The van der Waals surface area contributed by atoms with Crippen molar-refractivity contribution in [2.24, 2.45) is 0 Å². The van der Waals surface area contributed by atoms with Crippen LogP contribution in [0.5, 0.6) is 0 Å². The van der Waals surface area contributed by atoms with Crippen LogP contribution in [-0.4, -0.2) is 71.2 Å². The van der Waals surface area contributed by atoms with Gasteiger partial charge in [-0.1, -0.05) is 12.8 Å². The van der Waals surface area contributed by atoms with Gasteiger partial charge in [0.25, 0.3) is 0 Å². The molecule has 0 saturated heterocycles. The Bertz CT molecular complexity index is 38.7. The Morgan fingerprint density at radius 1 is 0.600 bits per heavy atom. The van der Waals surface area contributed by atoms with Gasteiger partial charge in [-0.25, -0.2) is 0 Å². The number of rotatable bonds is 5. The van der Waals surface area contributed by atoms with Crippen molar-refractivity contribution >= 4 is 47.8 Å². The third kappa shape index (κ3) is 16.3. The minimum Gasteiger partial charge on any atom is -0.396 e. The number of aliphatic hydroxyl groups is 2. The predicted octanol–water partition coefficient (Wildman–Crippen LogP) is -0.230. The third-order valence-electron chi connectivity index (χ3n) is 1.07. The molecule has 4 heteroatoms. The van der Waals surface area contributed by atoms with Crippen molar-refractivity contribution in [3.63, 3.8) is 0 Å². The van der Waals surface area contributed by atoms with Gasteiger partial charge in [0, 0.05) is 61.0 Å². The van der Waals surface area contributed by atoms with Crippen molar-refractivity contribution in [2.75, 3.05) is 13.2 Å². The van der Waals surface area contributed by atoms with Crippen molar-refractivity contribution in [3.05, 3.63) is 0 Å². The van der Waals surface area contributed by atoms with Crippen molar-refractivity contribution in [2.45, 2.75) is 25.7 Å². The first-order chi connectivity index (χ1) is 3.91. The maximum absolute atomic E-state index is 8.30. The van der Waals surface area contributed by atoms with Gasteiger partial charge < -0.3 is 10.2 Å². The number of hydrogen-bond acceptors (Lipinski definition) is 2. The van der Waals surface area contributed by atoms with E-state index in [9.17, 15) is 0 Å². The normalized spacial score (nSPS) is 7.80. The van der Waals surface area contributed by atoms with E-state index >= 15 is 0 Å². The Morgan fingerprint density at radius 3 is 1.10 bits per heavy atom.